The van der Waals surface area contributed by atoms with Crippen LogP contribution in [0.3, 0.4) is 0 Å². The highest BCUT2D eigenvalue weighted by Crippen LogP contribution is 2.20. The van der Waals surface area contributed by atoms with E-state index in [1.165, 1.54) is 13.1 Å². The van der Waals surface area contributed by atoms with Crippen molar-refractivity contribution in [2.75, 3.05) is 13.1 Å². The van der Waals surface area contributed by atoms with Crippen molar-refractivity contribution in [3.8, 4) is 0 Å². The molecule has 0 unspecified atom stereocenters. The molecular formula is C5H13IN2Si. The quantitative estimate of drug-likeness (QED) is 0.305. The Hall–Kier alpha value is 0.867. The second-order valence-corrected chi connectivity index (χ2v) is 5.28. The first-order valence-corrected chi connectivity index (χ1v) is 5.92. The normalized spacial score (nSPS) is 33.0. The number of alkyl halides is 1. The van der Waals surface area contributed by atoms with Crippen LogP contribution in [-0.2, 0) is 0 Å². The van der Waals surface area contributed by atoms with E-state index in [9.17, 15) is 0 Å². The highest BCUT2D eigenvalue weighted by Gasteiger charge is 2.31. The van der Waals surface area contributed by atoms with Gasteiger partial charge in [0.2, 0.25) is 0 Å². The van der Waals surface area contributed by atoms with E-state index in [1.54, 1.807) is 0 Å². The van der Waals surface area contributed by atoms with Crippen LogP contribution in [0.25, 0.3) is 0 Å². The lowest BCUT2D eigenvalue weighted by atomic mass is 10.7. The fourth-order valence-electron chi connectivity index (χ4n) is 1.00. The van der Waals surface area contributed by atoms with Crippen LogP contribution >= 0.6 is 22.6 Å². The molecule has 54 valence electrons. The van der Waals surface area contributed by atoms with Gasteiger partial charge in [0.1, 0.15) is 4.17 Å². The van der Waals surface area contributed by atoms with Crippen LogP contribution in [0.2, 0.25) is 0 Å². The average molecular weight is 256 g/mol. The van der Waals surface area contributed by atoms with Gasteiger partial charge in [-0.05, 0) is 35.7 Å². The third kappa shape index (κ3) is 1.47. The molecule has 0 bridgehead atoms. The molecule has 0 aliphatic carbocycles. The molecule has 4 heteroatoms. The van der Waals surface area contributed by atoms with E-state index in [0.717, 1.165) is 4.17 Å². The Balaban J connectivity index is 2.24. The summed E-state index contributed by atoms with van der Waals surface area (Å²) in [6, 6.07) is 0. The van der Waals surface area contributed by atoms with Crippen LogP contribution in [0.15, 0.2) is 0 Å². The standard InChI is InChI=1S/C5H13IN2Si/c1-3-7-5(6)8(4-2)9-7/h5H,3-4,9H2,1-2H3. The summed E-state index contributed by atoms with van der Waals surface area (Å²) in [4.78, 5) is 0. The minimum Gasteiger partial charge on any atom is -0.294 e. The van der Waals surface area contributed by atoms with Crippen LogP contribution in [0.1, 0.15) is 13.8 Å². The summed E-state index contributed by atoms with van der Waals surface area (Å²) >= 11 is 2.50. The first kappa shape index (κ1) is 7.97. The smallest absolute Gasteiger partial charge is 0.176 e. The predicted molar refractivity (Wildman–Crippen MR) is 51.1 cm³/mol. The zero-order valence-electron chi connectivity index (χ0n) is 5.97. The Bertz CT molecular complexity index is 91.0. The molecule has 0 amide bonds. The zero-order chi connectivity index (χ0) is 6.85. The topological polar surface area (TPSA) is 6.48 Å². The van der Waals surface area contributed by atoms with Gasteiger partial charge in [-0.25, -0.2) is 0 Å². The van der Waals surface area contributed by atoms with E-state index in [4.69, 9.17) is 0 Å². The van der Waals surface area contributed by atoms with Crippen molar-refractivity contribution in [2.45, 2.75) is 18.0 Å². The molecule has 1 saturated heterocycles. The van der Waals surface area contributed by atoms with Crippen LogP contribution in [0.5, 0.6) is 0 Å². The lowest BCUT2D eigenvalue weighted by molar-refractivity contribution is 0.197. The lowest BCUT2D eigenvalue weighted by Crippen LogP contribution is -2.63. The van der Waals surface area contributed by atoms with Gasteiger partial charge in [-0.2, -0.15) is 0 Å². The molecule has 9 heavy (non-hydrogen) atoms. The van der Waals surface area contributed by atoms with Crippen molar-refractivity contribution in [1.82, 2.24) is 9.13 Å². The number of nitrogens with zero attached hydrogens (tertiary/aromatic N) is 2. The van der Waals surface area contributed by atoms with Crippen molar-refractivity contribution in [1.29, 1.82) is 0 Å². The van der Waals surface area contributed by atoms with E-state index >= 15 is 0 Å². The predicted octanol–water partition coefficient (Wildman–Crippen LogP) is 0.361. The summed E-state index contributed by atoms with van der Waals surface area (Å²) in [5, 5.41) is 0. The van der Waals surface area contributed by atoms with Gasteiger partial charge in [-0.3, -0.25) is 9.13 Å². The molecular weight excluding hydrogens is 243 g/mol. The van der Waals surface area contributed by atoms with Crippen LogP contribution < -0.4 is 0 Å². The third-order valence-electron chi connectivity index (χ3n) is 1.78. The Labute approximate surface area is 72.7 Å². The van der Waals surface area contributed by atoms with Crippen molar-refractivity contribution >= 4 is 32.4 Å². The van der Waals surface area contributed by atoms with Crippen molar-refractivity contribution in [3.05, 3.63) is 0 Å². The Morgan fingerprint density at radius 2 is 1.78 bits per heavy atom. The number of hydrogen-bond donors (Lipinski definition) is 0. The van der Waals surface area contributed by atoms with Crippen molar-refractivity contribution in [2.24, 2.45) is 0 Å². The average Bonchev–Trinajstić information content (AvgIpc) is 1.87. The third-order valence-corrected chi connectivity index (χ3v) is 7.15. The SMILES string of the molecule is CCN1[SiH2]N(CC)C1I. The van der Waals surface area contributed by atoms with Gasteiger partial charge in [0.15, 0.2) is 9.84 Å². The highest BCUT2D eigenvalue weighted by molar-refractivity contribution is 14.1. The Morgan fingerprint density at radius 1 is 1.33 bits per heavy atom. The summed E-state index contributed by atoms with van der Waals surface area (Å²) in [5.41, 5.74) is 0. The molecule has 1 fully saturated rings. The minimum atomic E-state index is 0.0446. The van der Waals surface area contributed by atoms with Crippen molar-refractivity contribution in [3.63, 3.8) is 0 Å². The molecule has 0 radical (unpaired) electrons. The molecule has 2 nitrogen and oxygen atoms in total. The molecule has 0 saturated carbocycles. The van der Waals surface area contributed by atoms with Gasteiger partial charge in [0.25, 0.3) is 0 Å². The van der Waals surface area contributed by atoms with Gasteiger partial charge in [0.05, 0.1) is 0 Å². The maximum absolute atomic E-state index is 2.57. The molecule has 0 spiro atoms. The van der Waals surface area contributed by atoms with Gasteiger partial charge in [0, 0.05) is 0 Å². The molecule has 1 aliphatic rings. The molecule has 0 aromatic heterocycles. The first-order chi connectivity index (χ1) is 4.29. The van der Waals surface area contributed by atoms with E-state index in [-0.39, 0.29) is 9.84 Å². The summed E-state index contributed by atoms with van der Waals surface area (Å²) in [6.45, 7) is 6.98. The van der Waals surface area contributed by atoms with Crippen LogP contribution in [0, 0.1) is 0 Å². The maximum Gasteiger partial charge on any atom is 0.176 e. The van der Waals surface area contributed by atoms with Crippen LogP contribution in [0.4, 0.5) is 0 Å². The molecule has 1 heterocycles. The van der Waals surface area contributed by atoms with Gasteiger partial charge in [-0.15, -0.1) is 0 Å². The zero-order valence-corrected chi connectivity index (χ0v) is 9.54. The fraction of sp³-hybridized carbons (Fsp3) is 1.00. The number of hydrogen-bond acceptors (Lipinski definition) is 2. The lowest BCUT2D eigenvalue weighted by Gasteiger charge is -2.47. The minimum absolute atomic E-state index is 0.0446. The Morgan fingerprint density at radius 3 is 2.00 bits per heavy atom. The molecule has 1 aliphatic heterocycles. The summed E-state index contributed by atoms with van der Waals surface area (Å²) in [5.74, 6) is 0. The molecule has 1 rings (SSSR count). The van der Waals surface area contributed by atoms with Crippen molar-refractivity contribution < 1.29 is 0 Å². The van der Waals surface area contributed by atoms with E-state index in [0.29, 0.717) is 0 Å². The largest absolute Gasteiger partial charge is 0.294 e. The number of halogens is 1. The van der Waals surface area contributed by atoms with E-state index < -0.39 is 0 Å². The Kier molecular flexibility index (Phi) is 2.93. The summed E-state index contributed by atoms with van der Waals surface area (Å²) in [6.07, 6.45) is 0. The molecule has 0 aromatic carbocycles. The second kappa shape index (κ2) is 3.31. The number of rotatable bonds is 2. The van der Waals surface area contributed by atoms with E-state index in [1.807, 2.05) is 0 Å². The van der Waals surface area contributed by atoms with Crippen LogP contribution in [-0.4, -0.2) is 36.2 Å². The van der Waals surface area contributed by atoms with Gasteiger partial charge < -0.3 is 0 Å². The fourth-order valence-corrected chi connectivity index (χ4v) is 4.14. The van der Waals surface area contributed by atoms with Gasteiger partial charge in [-0.1, -0.05) is 13.8 Å². The molecule has 0 aromatic rings. The molecule has 0 N–H and O–H groups in total. The summed E-state index contributed by atoms with van der Waals surface area (Å²) in [7, 11) is 0.0446. The van der Waals surface area contributed by atoms with E-state index in [2.05, 4.69) is 45.6 Å². The molecule has 0 atom stereocenters. The second-order valence-electron chi connectivity index (χ2n) is 2.26. The maximum atomic E-state index is 2.57. The first-order valence-electron chi connectivity index (χ1n) is 3.41. The van der Waals surface area contributed by atoms with Gasteiger partial charge >= 0.3 is 0 Å². The summed E-state index contributed by atoms with van der Waals surface area (Å²) < 4.78 is 5.87. The highest BCUT2D eigenvalue weighted by atomic mass is 127. The monoisotopic (exact) mass is 256 g/mol.